The number of nitro benzene ring substituents is 1. The Kier molecular flexibility index (Phi) is 7.64. The number of hydrogen-bond donors (Lipinski definition) is 2. The number of rotatable bonds is 6. The van der Waals surface area contributed by atoms with Crippen LogP contribution < -0.4 is 10.6 Å². The molecule has 1 aliphatic heterocycles. The maximum atomic E-state index is 12.6. The molecule has 2 aromatic carbocycles. The lowest BCUT2D eigenvalue weighted by atomic mass is 10.2. The van der Waals surface area contributed by atoms with Gasteiger partial charge in [-0.2, -0.15) is 4.31 Å². The summed E-state index contributed by atoms with van der Waals surface area (Å²) in [5.41, 5.74) is 0.910. The highest BCUT2D eigenvalue weighted by atomic mass is 32.2. The number of ether oxygens (including phenoxy) is 1. The number of non-ortho nitro benzene ring substituents is 1. The maximum Gasteiger partial charge on any atom is 0.270 e. The zero-order valence-electron chi connectivity index (χ0n) is 16.8. The van der Waals surface area contributed by atoms with Gasteiger partial charge in [-0.1, -0.05) is 12.1 Å². The Hall–Kier alpha value is -3.19. The molecular weight excluding hydrogens is 456 g/mol. The molecule has 1 aliphatic rings. The summed E-state index contributed by atoms with van der Waals surface area (Å²) in [6, 6.07) is 11.8. The standard InChI is InChI=1S/C20H20N4O6S2/c25-19(9-4-15-2-1-3-17(14-15)24(26)27)22-20(31)21-16-5-7-18(8-6-16)32(28,29)23-10-12-30-13-11-23/h1-9,14H,10-13H2,(H2,21,22,25,31)/b9-4+. The number of nitro groups is 1. The van der Waals surface area contributed by atoms with E-state index < -0.39 is 20.9 Å². The lowest BCUT2D eigenvalue weighted by Gasteiger charge is -2.26. The van der Waals surface area contributed by atoms with Gasteiger partial charge in [-0.25, -0.2) is 8.42 Å². The Bertz CT molecular complexity index is 1140. The van der Waals surface area contributed by atoms with E-state index >= 15 is 0 Å². The third-order valence-electron chi connectivity index (χ3n) is 4.46. The molecule has 0 aliphatic carbocycles. The van der Waals surface area contributed by atoms with Crippen LogP contribution in [-0.2, 0) is 19.6 Å². The van der Waals surface area contributed by atoms with Crippen molar-refractivity contribution in [1.29, 1.82) is 0 Å². The SMILES string of the molecule is O=C(/C=C/c1cccc([N+](=O)[O-])c1)NC(=S)Nc1ccc(S(=O)(=O)N2CCOCC2)cc1. The molecule has 1 heterocycles. The largest absolute Gasteiger partial charge is 0.379 e. The van der Waals surface area contributed by atoms with Crippen molar-refractivity contribution in [3.63, 3.8) is 0 Å². The van der Waals surface area contributed by atoms with Crippen LogP contribution >= 0.6 is 12.2 Å². The first-order valence-electron chi connectivity index (χ1n) is 9.48. The summed E-state index contributed by atoms with van der Waals surface area (Å²) in [6.45, 7) is 1.34. The number of carbonyl (C=O) groups excluding carboxylic acids is 1. The van der Waals surface area contributed by atoms with Crippen molar-refractivity contribution in [1.82, 2.24) is 9.62 Å². The number of hydrogen-bond acceptors (Lipinski definition) is 7. The van der Waals surface area contributed by atoms with E-state index in [0.29, 0.717) is 37.6 Å². The van der Waals surface area contributed by atoms with Crippen molar-refractivity contribution in [2.45, 2.75) is 4.90 Å². The van der Waals surface area contributed by atoms with Gasteiger partial charge in [-0.15, -0.1) is 0 Å². The summed E-state index contributed by atoms with van der Waals surface area (Å²) in [5, 5.41) is 16.1. The molecule has 1 saturated heterocycles. The number of anilines is 1. The molecule has 32 heavy (non-hydrogen) atoms. The van der Waals surface area contributed by atoms with Crippen LogP contribution in [-0.4, -0.2) is 55.0 Å². The van der Waals surface area contributed by atoms with E-state index in [0.717, 1.165) is 0 Å². The Balaban J connectivity index is 1.56. The normalized spacial score (nSPS) is 14.8. The summed E-state index contributed by atoms with van der Waals surface area (Å²) in [5.74, 6) is -0.527. The topological polar surface area (TPSA) is 131 Å². The van der Waals surface area contributed by atoms with Crippen LogP contribution in [0.2, 0.25) is 0 Å². The van der Waals surface area contributed by atoms with Crippen LogP contribution in [0.5, 0.6) is 0 Å². The molecule has 0 atom stereocenters. The molecule has 2 N–H and O–H groups in total. The van der Waals surface area contributed by atoms with E-state index in [-0.39, 0.29) is 15.7 Å². The number of thiocarbonyl (C=S) groups is 1. The second kappa shape index (κ2) is 10.4. The van der Waals surface area contributed by atoms with Gasteiger partial charge in [-0.3, -0.25) is 20.2 Å². The minimum Gasteiger partial charge on any atom is -0.379 e. The fourth-order valence-corrected chi connectivity index (χ4v) is 4.50. The fourth-order valence-electron chi connectivity index (χ4n) is 2.88. The Morgan fingerprint density at radius 3 is 2.50 bits per heavy atom. The van der Waals surface area contributed by atoms with Gasteiger partial charge in [-0.05, 0) is 48.1 Å². The van der Waals surface area contributed by atoms with Crippen LogP contribution in [0.1, 0.15) is 5.56 Å². The molecular formula is C20H20N4O6S2. The van der Waals surface area contributed by atoms with Gasteiger partial charge in [0.15, 0.2) is 5.11 Å². The summed E-state index contributed by atoms with van der Waals surface area (Å²) >= 11 is 5.10. The highest BCUT2D eigenvalue weighted by Gasteiger charge is 2.26. The van der Waals surface area contributed by atoms with Crippen molar-refractivity contribution in [2.24, 2.45) is 0 Å². The Labute approximate surface area is 190 Å². The lowest BCUT2D eigenvalue weighted by molar-refractivity contribution is -0.384. The minimum atomic E-state index is -3.60. The summed E-state index contributed by atoms with van der Waals surface area (Å²) in [7, 11) is -3.60. The zero-order valence-corrected chi connectivity index (χ0v) is 18.4. The van der Waals surface area contributed by atoms with Crippen LogP contribution in [0, 0.1) is 10.1 Å². The molecule has 12 heteroatoms. The quantitative estimate of drug-likeness (QED) is 0.281. The molecule has 0 spiro atoms. The van der Waals surface area contributed by atoms with Crippen LogP contribution in [0.25, 0.3) is 6.08 Å². The third kappa shape index (κ3) is 6.17. The van der Waals surface area contributed by atoms with Crippen molar-refractivity contribution in [3.05, 3.63) is 70.3 Å². The van der Waals surface area contributed by atoms with Gasteiger partial charge < -0.3 is 10.1 Å². The molecule has 3 rings (SSSR count). The highest BCUT2D eigenvalue weighted by Crippen LogP contribution is 2.19. The first kappa shape index (κ1) is 23.5. The van der Waals surface area contributed by atoms with Gasteiger partial charge in [0.1, 0.15) is 0 Å². The molecule has 1 fully saturated rings. The molecule has 0 radical (unpaired) electrons. The maximum absolute atomic E-state index is 12.6. The number of amides is 1. The van der Waals surface area contributed by atoms with E-state index in [1.54, 1.807) is 18.2 Å². The van der Waals surface area contributed by atoms with Crippen molar-refractivity contribution < 1.29 is 22.9 Å². The predicted octanol–water partition coefficient (Wildman–Crippen LogP) is 2.14. The van der Waals surface area contributed by atoms with Crippen LogP contribution in [0.4, 0.5) is 11.4 Å². The number of carbonyl (C=O) groups is 1. The molecule has 10 nitrogen and oxygen atoms in total. The number of benzene rings is 2. The van der Waals surface area contributed by atoms with Crippen molar-refractivity contribution in [2.75, 3.05) is 31.6 Å². The first-order valence-corrected chi connectivity index (χ1v) is 11.3. The number of nitrogens with one attached hydrogen (secondary N) is 2. The molecule has 0 unspecified atom stereocenters. The van der Waals surface area contributed by atoms with E-state index in [2.05, 4.69) is 10.6 Å². The van der Waals surface area contributed by atoms with Crippen molar-refractivity contribution >= 4 is 50.7 Å². The summed E-state index contributed by atoms with van der Waals surface area (Å²) < 4.78 is 31.8. The van der Waals surface area contributed by atoms with E-state index in [1.807, 2.05) is 0 Å². The molecule has 0 saturated carbocycles. The van der Waals surface area contributed by atoms with Gasteiger partial charge in [0, 0.05) is 37.0 Å². The van der Waals surface area contributed by atoms with Gasteiger partial charge in [0.2, 0.25) is 15.9 Å². The summed E-state index contributed by atoms with van der Waals surface area (Å²) in [6.07, 6.45) is 2.63. The Morgan fingerprint density at radius 2 is 1.84 bits per heavy atom. The number of sulfonamides is 1. The lowest BCUT2D eigenvalue weighted by Crippen LogP contribution is -2.40. The average Bonchev–Trinajstić information content (AvgIpc) is 2.79. The average molecular weight is 477 g/mol. The zero-order chi connectivity index (χ0) is 23.1. The Morgan fingerprint density at radius 1 is 1.16 bits per heavy atom. The minimum absolute atomic E-state index is 0.0162. The van der Waals surface area contributed by atoms with Gasteiger partial charge in [0.05, 0.1) is 23.0 Å². The van der Waals surface area contributed by atoms with E-state index in [1.165, 1.54) is 46.8 Å². The molecule has 1 amide bonds. The fraction of sp³-hybridized carbons (Fsp3) is 0.200. The van der Waals surface area contributed by atoms with E-state index in [9.17, 15) is 23.3 Å². The monoisotopic (exact) mass is 476 g/mol. The molecule has 168 valence electrons. The first-order chi connectivity index (χ1) is 15.3. The summed E-state index contributed by atoms with van der Waals surface area (Å²) in [4.78, 5) is 22.5. The second-order valence-corrected chi connectivity index (χ2v) is 9.02. The van der Waals surface area contributed by atoms with Gasteiger partial charge >= 0.3 is 0 Å². The third-order valence-corrected chi connectivity index (χ3v) is 6.58. The highest BCUT2D eigenvalue weighted by molar-refractivity contribution is 7.89. The molecule has 0 aromatic heterocycles. The van der Waals surface area contributed by atoms with Crippen LogP contribution in [0.15, 0.2) is 59.5 Å². The second-order valence-electron chi connectivity index (χ2n) is 6.67. The van der Waals surface area contributed by atoms with Crippen molar-refractivity contribution in [3.8, 4) is 0 Å². The smallest absolute Gasteiger partial charge is 0.270 e. The number of nitrogens with zero attached hydrogens (tertiary/aromatic N) is 2. The molecule has 0 bridgehead atoms. The predicted molar refractivity (Wildman–Crippen MR) is 123 cm³/mol. The molecule has 2 aromatic rings. The van der Waals surface area contributed by atoms with Crippen LogP contribution in [0.3, 0.4) is 0 Å². The number of morpholine rings is 1. The van der Waals surface area contributed by atoms with E-state index in [4.69, 9.17) is 17.0 Å². The van der Waals surface area contributed by atoms with Gasteiger partial charge in [0.25, 0.3) is 5.69 Å².